The second-order valence-corrected chi connectivity index (χ2v) is 4.68. The van der Waals surface area contributed by atoms with Crippen molar-refractivity contribution in [2.45, 2.75) is 25.7 Å². The molecule has 0 bridgehead atoms. The van der Waals surface area contributed by atoms with Crippen LogP contribution in [-0.2, 0) is 4.79 Å². The lowest BCUT2D eigenvalue weighted by Gasteiger charge is -2.22. The molecule has 0 radical (unpaired) electrons. The van der Waals surface area contributed by atoms with Crippen LogP contribution in [0.5, 0.6) is 0 Å². The number of hydrogen-bond acceptors (Lipinski definition) is 2. The molecular formula is C11H17F2NO2. The first-order valence-electron chi connectivity index (χ1n) is 5.83. The van der Waals surface area contributed by atoms with Gasteiger partial charge in [0.1, 0.15) is 0 Å². The van der Waals surface area contributed by atoms with E-state index in [9.17, 15) is 13.6 Å². The SMILES string of the molecule is O=C(C1C2CCCC21)N(CCO)CC(F)F. The van der Waals surface area contributed by atoms with E-state index in [2.05, 4.69) is 0 Å². The molecule has 5 heteroatoms. The molecule has 2 saturated carbocycles. The minimum atomic E-state index is -2.52. The third-order valence-corrected chi connectivity index (χ3v) is 3.73. The van der Waals surface area contributed by atoms with E-state index in [0.29, 0.717) is 11.8 Å². The molecule has 2 aliphatic rings. The van der Waals surface area contributed by atoms with E-state index >= 15 is 0 Å². The maximum absolute atomic E-state index is 12.3. The Bertz CT molecular complexity index is 263. The van der Waals surface area contributed by atoms with Gasteiger partial charge in [-0.15, -0.1) is 0 Å². The number of rotatable bonds is 5. The van der Waals surface area contributed by atoms with Crippen molar-refractivity contribution >= 4 is 5.91 Å². The summed E-state index contributed by atoms with van der Waals surface area (Å²) in [4.78, 5) is 13.0. The molecule has 3 nitrogen and oxygen atoms in total. The predicted molar refractivity (Wildman–Crippen MR) is 54.0 cm³/mol. The van der Waals surface area contributed by atoms with Crippen LogP contribution in [0.4, 0.5) is 8.78 Å². The Morgan fingerprint density at radius 3 is 2.50 bits per heavy atom. The normalized spacial score (nSPS) is 31.6. The lowest BCUT2D eigenvalue weighted by atomic mass is 10.1. The number of aliphatic hydroxyl groups excluding tert-OH is 1. The second kappa shape index (κ2) is 4.65. The smallest absolute Gasteiger partial charge is 0.255 e. The number of carbonyl (C=O) groups excluding carboxylic acids is 1. The summed E-state index contributed by atoms with van der Waals surface area (Å²) in [5.74, 6) is 0.667. The van der Waals surface area contributed by atoms with Crippen molar-refractivity contribution in [2.24, 2.45) is 17.8 Å². The molecular weight excluding hydrogens is 216 g/mol. The Hall–Kier alpha value is -0.710. The topological polar surface area (TPSA) is 40.5 Å². The fraction of sp³-hybridized carbons (Fsp3) is 0.909. The monoisotopic (exact) mass is 233 g/mol. The van der Waals surface area contributed by atoms with Gasteiger partial charge in [-0.05, 0) is 24.7 Å². The van der Waals surface area contributed by atoms with E-state index in [-0.39, 0.29) is 25.0 Å². The Morgan fingerprint density at radius 2 is 2.00 bits per heavy atom. The maximum atomic E-state index is 12.3. The van der Waals surface area contributed by atoms with Crippen LogP contribution in [0.3, 0.4) is 0 Å². The number of nitrogens with zero attached hydrogens (tertiary/aromatic N) is 1. The lowest BCUT2D eigenvalue weighted by molar-refractivity contribution is -0.135. The van der Waals surface area contributed by atoms with Crippen molar-refractivity contribution in [1.29, 1.82) is 0 Å². The average Bonchev–Trinajstić information content (AvgIpc) is 2.69. The van der Waals surface area contributed by atoms with Gasteiger partial charge in [-0.2, -0.15) is 0 Å². The van der Waals surface area contributed by atoms with Crippen molar-refractivity contribution < 1.29 is 18.7 Å². The van der Waals surface area contributed by atoms with Gasteiger partial charge in [0.15, 0.2) is 0 Å². The minimum absolute atomic E-state index is 0.0269. The number of alkyl halides is 2. The number of halogens is 2. The minimum Gasteiger partial charge on any atom is -0.395 e. The van der Waals surface area contributed by atoms with Crippen LogP contribution in [0, 0.1) is 17.8 Å². The zero-order valence-corrected chi connectivity index (χ0v) is 9.11. The average molecular weight is 233 g/mol. The summed E-state index contributed by atoms with van der Waals surface area (Å²) in [7, 11) is 0. The summed E-state index contributed by atoms with van der Waals surface area (Å²) in [5, 5.41) is 8.76. The highest BCUT2D eigenvalue weighted by Crippen LogP contribution is 2.58. The Labute approximate surface area is 93.4 Å². The molecule has 0 heterocycles. The van der Waals surface area contributed by atoms with Gasteiger partial charge in [-0.1, -0.05) is 6.42 Å². The fourth-order valence-electron chi connectivity index (χ4n) is 2.98. The first-order chi connectivity index (χ1) is 7.65. The van der Waals surface area contributed by atoms with Crippen LogP contribution in [0.15, 0.2) is 0 Å². The zero-order valence-electron chi connectivity index (χ0n) is 9.11. The van der Waals surface area contributed by atoms with E-state index in [4.69, 9.17) is 5.11 Å². The van der Waals surface area contributed by atoms with Gasteiger partial charge in [0, 0.05) is 12.5 Å². The van der Waals surface area contributed by atoms with Gasteiger partial charge in [0.2, 0.25) is 5.91 Å². The predicted octanol–water partition coefficient (Wildman–Crippen LogP) is 1.12. The molecule has 2 aliphatic carbocycles. The molecule has 0 aromatic rings. The molecule has 2 fully saturated rings. The molecule has 0 aromatic carbocycles. The van der Waals surface area contributed by atoms with Crippen LogP contribution in [0.25, 0.3) is 0 Å². The van der Waals surface area contributed by atoms with Crippen molar-refractivity contribution in [3.05, 3.63) is 0 Å². The summed E-state index contributed by atoms with van der Waals surface area (Å²) in [6.07, 6.45) is 0.758. The Morgan fingerprint density at radius 1 is 1.38 bits per heavy atom. The number of amides is 1. The molecule has 0 spiro atoms. The lowest BCUT2D eigenvalue weighted by Crippen LogP contribution is -2.39. The first kappa shape index (κ1) is 11.8. The molecule has 2 atom stereocenters. The van der Waals surface area contributed by atoms with Crippen molar-refractivity contribution in [2.75, 3.05) is 19.7 Å². The molecule has 16 heavy (non-hydrogen) atoms. The van der Waals surface area contributed by atoms with E-state index in [0.717, 1.165) is 24.2 Å². The number of carbonyl (C=O) groups is 1. The summed E-state index contributed by atoms with van der Waals surface area (Å²) in [6, 6.07) is 0. The molecule has 0 aliphatic heterocycles. The number of fused-ring (bicyclic) bond motifs is 1. The highest BCUT2D eigenvalue weighted by atomic mass is 19.3. The molecule has 0 saturated heterocycles. The molecule has 92 valence electrons. The highest BCUT2D eigenvalue weighted by molar-refractivity contribution is 5.82. The van der Waals surface area contributed by atoms with Gasteiger partial charge in [0.05, 0.1) is 13.2 Å². The largest absolute Gasteiger partial charge is 0.395 e. The molecule has 2 rings (SSSR count). The second-order valence-electron chi connectivity index (χ2n) is 4.68. The van der Waals surface area contributed by atoms with Gasteiger partial charge in [-0.3, -0.25) is 4.79 Å². The van der Waals surface area contributed by atoms with Crippen molar-refractivity contribution in [1.82, 2.24) is 4.90 Å². The molecule has 0 aromatic heterocycles. The van der Waals surface area contributed by atoms with Crippen LogP contribution in [-0.4, -0.2) is 42.0 Å². The molecule has 1 amide bonds. The van der Waals surface area contributed by atoms with Crippen LogP contribution < -0.4 is 0 Å². The maximum Gasteiger partial charge on any atom is 0.255 e. The van der Waals surface area contributed by atoms with Crippen LogP contribution in [0.1, 0.15) is 19.3 Å². The summed E-state index contributed by atoms with van der Waals surface area (Å²) < 4.78 is 24.5. The summed E-state index contributed by atoms with van der Waals surface area (Å²) in [6.45, 7) is -0.769. The quantitative estimate of drug-likeness (QED) is 0.773. The van der Waals surface area contributed by atoms with Gasteiger partial charge in [-0.25, -0.2) is 8.78 Å². The van der Waals surface area contributed by atoms with Gasteiger partial charge < -0.3 is 10.0 Å². The van der Waals surface area contributed by atoms with E-state index in [1.807, 2.05) is 0 Å². The number of hydrogen-bond donors (Lipinski definition) is 1. The van der Waals surface area contributed by atoms with E-state index in [1.165, 1.54) is 0 Å². The zero-order chi connectivity index (χ0) is 11.7. The van der Waals surface area contributed by atoms with Crippen LogP contribution in [0.2, 0.25) is 0 Å². The number of aliphatic hydroxyl groups is 1. The van der Waals surface area contributed by atoms with E-state index < -0.39 is 13.0 Å². The van der Waals surface area contributed by atoms with Gasteiger partial charge >= 0.3 is 0 Å². The summed E-state index contributed by atoms with van der Waals surface area (Å²) >= 11 is 0. The third kappa shape index (κ3) is 2.19. The Kier molecular flexibility index (Phi) is 3.42. The standard InChI is InChI=1S/C11H17F2NO2/c12-9(13)6-14(4-5-15)11(16)10-7-2-1-3-8(7)10/h7-10,15H,1-6H2. The molecule has 1 N–H and O–H groups in total. The van der Waals surface area contributed by atoms with Crippen LogP contribution >= 0.6 is 0 Å². The van der Waals surface area contributed by atoms with Gasteiger partial charge in [0.25, 0.3) is 6.43 Å². The van der Waals surface area contributed by atoms with E-state index in [1.54, 1.807) is 0 Å². The highest BCUT2D eigenvalue weighted by Gasteiger charge is 2.57. The molecule has 2 unspecified atom stereocenters. The van der Waals surface area contributed by atoms with Crippen molar-refractivity contribution in [3.8, 4) is 0 Å². The fourth-order valence-corrected chi connectivity index (χ4v) is 2.98. The summed E-state index contributed by atoms with van der Waals surface area (Å²) in [5.41, 5.74) is 0. The van der Waals surface area contributed by atoms with Crippen molar-refractivity contribution in [3.63, 3.8) is 0 Å². The Balaban J connectivity index is 1.90. The first-order valence-corrected chi connectivity index (χ1v) is 5.83. The third-order valence-electron chi connectivity index (χ3n) is 3.73.